The topological polar surface area (TPSA) is 105 Å². The van der Waals surface area contributed by atoms with Crippen molar-refractivity contribution in [3.8, 4) is 0 Å². The van der Waals surface area contributed by atoms with Gasteiger partial charge in [-0.3, -0.25) is 14.4 Å². The molecule has 0 spiro atoms. The number of hydrogen-bond donors (Lipinski definition) is 4. The van der Waals surface area contributed by atoms with Crippen LogP contribution >= 0.6 is 0 Å². The van der Waals surface area contributed by atoms with E-state index in [0.29, 0.717) is 11.7 Å². The molecule has 2 aromatic heterocycles. The normalized spacial score (nSPS) is 15.9. The van der Waals surface area contributed by atoms with Crippen molar-refractivity contribution in [3.63, 3.8) is 0 Å². The molecule has 2 aromatic rings. The highest BCUT2D eigenvalue weighted by molar-refractivity contribution is 5.80. The Morgan fingerprint density at radius 1 is 1.36 bits per heavy atom. The van der Waals surface area contributed by atoms with Gasteiger partial charge in [0.05, 0.1) is 12.2 Å². The molecule has 5 N–H and O–H groups in total. The maximum atomic E-state index is 11.3. The second-order valence-electron chi connectivity index (χ2n) is 5.71. The molecular weight excluding hydrogens is 282 g/mol. The molecule has 1 aliphatic carbocycles. The molecule has 2 heterocycles. The molecule has 0 radical (unpaired) electrons. The first-order valence-electron chi connectivity index (χ1n) is 7.64. The first-order valence-corrected chi connectivity index (χ1v) is 7.64. The molecule has 0 aromatic carbocycles. The zero-order valence-electron chi connectivity index (χ0n) is 12.4. The van der Waals surface area contributed by atoms with Crippen molar-refractivity contribution in [1.82, 2.24) is 14.9 Å². The smallest absolute Gasteiger partial charge is 0.262 e. The third-order valence-electron chi connectivity index (χ3n) is 4.23. The third kappa shape index (κ3) is 2.71. The van der Waals surface area contributed by atoms with Crippen LogP contribution in [0.1, 0.15) is 43.7 Å². The number of nitrogens with two attached hydrogens (primary N) is 1. The van der Waals surface area contributed by atoms with Gasteiger partial charge >= 0.3 is 0 Å². The highest BCUT2D eigenvalue weighted by atomic mass is 16.5. The number of aromatic nitrogens is 2. The monoisotopic (exact) mass is 303 g/mol. The average Bonchev–Trinajstić information content (AvgIpc) is 2.93. The maximum Gasteiger partial charge on any atom is 0.262 e. The van der Waals surface area contributed by atoms with Crippen LogP contribution in [0.15, 0.2) is 18.2 Å². The van der Waals surface area contributed by atoms with Gasteiger partial charge in [0.2, 0.25) is 0 Å². The second-order valence-corrected chi connectivity index (χ2v) is 5.71. The van der Waals surface area contributed by atoms with Crippen molar-refractivity contribution in [3.05, 3.63) is 23.9 Å². The number of rotatable bonds is 4. The second kappa shape index (κ2) is 6.23. The molecule has 0 aliphatic heterocycles. The number of pyridine rings is 1. The Labute approximate surface area is 128 Å². The zero-order chi connectivity index (χ0) is 15.5. The summed E-state index contributed by atoms with van der Waals surface area (Å²) in [5, 5.41) is 11.7. The van der Waals surface area contributed by atoms with E-state index in [4.69, 9.17) is 15.9 Å². The number of imidazole rings is 1. The summed E-state index contributed by atoms with van der Waals surface area (Å²) in [5.74, 6) is 1.20. The van der Waals surface area contributed by atoms with Crippen molar-refractivity contribution < 1.29 is 10.0 Å². The van der Waals surface area contributed by atoms with Crippen LogP contribution in [0.3, 0.4) is 0 Å². The first kappa shape index (κ1) is 14.6. The van der Waals surface area contributed by atoms with E-state index < -0.39 is 5.91 Å². The molecule has 7 nitrogen and oxygen atoms in total. The van der Waals surface area contributed by atoms with E-state index >= 15 is 0 Å². The minimum Gasteiger partial charge on any atom is -0.385 e. The van der Waals surface area contributed by atoms with Gasteiger partial charge < -0.3 is 11.1 Å². The summed E-state index contributed by atoms with van der Waals surface area (Å²) in [6.07, 6.45) is 5.87. The Morgan fingerprint density at radius 2 is 2.14 bits per heavy atom. The summed E-state index contributed by atoms with van der Waals surface area (Å²) in [4.78, 5) is 16.1. The Bertz CT molecular complexity index is 676. The minimum atomic E-state index is -0.501. The highest BCUT2D eigenvalue weighted by Crippen LogP contribution is 2.37. The van der Waals surface area contributed by atoms with Crippen molar-refractivity contribution in [2.75, 3.05) is 17.6 Å². The molecule has 22 heavy (non-hydrogen) atoms. The standard InChI is InChI=1S/C15H21N5O2/c16-11-7-4-8-12-18-14(10-5-2-1-3-6-10)15(20(11)12)17-9-13(21)19-22/h4,7-8,10,17,22H,1-3,5-6,9,16H2,(H,19,21). The van der Waals surface area contributed by atoms with E-state index in [1.165, 1.54) is 19.3 Å². The Hall–Kier alpha value is -2.28. The summed E-state index contributed by atoms with van der Waals surface area (Å²) < 4.78 is 1.83. The van der Waals surface area contributed by atoms with Gasteiger partial charge in [-0.25, -0.2) is 10.5 Å². The molecular formula is C15H21N5O2. The number of nitrogens with one attached hydrogen (secondary N) is 2. The number of hydrogen-bond acceptors (Lipinski definition) is 5. The first-order chi connectivity index (χ1) is 10.7. The van der Waals surface area contributed by atoms with Gasteiger partial charge in [-0.1, -0.05) is 25.3 Å². The van der Waals surface area contributed by atoms with Gasteiger partial charge in [-0.2, -0.15) is 0 Å². The van der Waals surface area contributed by atoms with E-state index in [2.05, 4.69) is 5.32 Å². The molecule has 1 saturated carbocycles. The van der Waals surface area contributed by atoms with Gasteiger partial charge in [-0.05, 0) is 25.0 Å². The maximum absolute atomic E-state index is 11.3. The summed E-state index contributed by atoms with van der Waals surface area (Å²) in [6.45, 7) is -0.0294. The van der Waals surface area contributed by atoms with Gasteiger partial charge in [0, 0.05) is 5.92 Å². The van der Waals surface area contributed by atoms with Crippen LogP contribution in [0.2, 0.25) is 0 Å². The van der Waals surface area contributed by atoms with Gasteiger partial charge in [-0.15, -0.1) is 0 Å². The van der Waals surface area contributed by atoms with Crippen LogP contribution in [0.5, 0.6) is 0 Å². The molecule has 0 atom stereocenters. The third-order valence-corrected chi connectivity index (χ3v) is 4.23. The predicted molar refractivity (Wildman–Crippen MR) is 83.8 cm³/mol. The molecule has 7 heteroatoms. The molecule has 1 amide bonds. The lowest BCUT2D eigenvalue weighted by atomic mass is 9.87. The fraction of sp³-hybridized carbons (Fsp3) is 0.467. The van der Waals surface area contributed by atoms with E-state index in [0.717, 1.165) is 30.0 Å². The summed E-state index contributed by atoms with van der Waals surface area (Å²) in [6, 6.07) is 5.57. The molecule has 0 saturated heterocycles. The van der Waals surface area contributed by atoms with Gasteiger partial charge in [0.1, 0.15) is 17.3 Å². The van der Waals surface area contributed by atoms with Crippen LogP contribution in [0.25, 0.3) is 5.65 Å². The largest absolute Gasteiger partial charge is 0.385 e. The van der Waals surface area contributed by atoms with Crippen LogP contribution < -0.4 is 16.5 Å². The van der Waals surface area contributed by atoms with Crippen molar-refractivity contribution in [1.29, 1.82) is 0 Å². The van der Waals surface area contributed by atoms with Gasteiger partial charge in [0.15, 0.2) is 0 Å². The van der Waals surface area contributed by atoms with Crippen LogP contribution in [0.4, 0.5) is 11.6 Å². The number of nitrogen functional groups attached to an aromatic ring is 1. The van der Waals surface area contributed by atoms with Crippen molar-refractivity contribution in [2.45, 2.75) is 38.0 Å². The summed E-state index contributed by atoms with van der Waals surface area (Å²) >= 11 is 0. The number of carbonyl (C=O) groups excluding carboxylic acids is 1. The van der Waals surface area contributed by atoms with Crippen LogP contribution in [0, 0.1) is 0 Å². The fourth-order valence-corrected chi connectivity index (χ4v) is 3.17. The molecule has 0 unspecified atom stereocenters. The Kier molecular flexibility index (Phi) is 4.15. The molecule has 1 fully saturated rings. The van der Waals surface area contributed by atoms with E-state index in [-0.39, 0.29) is 6.54 Å². The lowest BCUT2D eigenvalue weighted by Gasteiger charge is -2.21. The Balaban J connectivity index is 2.01. The van der Waals surface area contributed by atoms with Gasteiger partial charge in [0.25, 0.3) is 5.91 Å². The number of carbonyl (C=O) groups is 1. The number of hydroxylamine groups is 1. The summed E-state index contributed by atoms with van der Waals surface area (Å²) in [5.41, 5.74) is 9.43. The highest BCUT2D eigenvalue weighted by Gasteiger charge is 2.24. The summed E-state index contributed by atoms with van der Waals surface area (Å²) in [7, 11) is 0. The number of fused-ring (bicyclic) bond motifs is 1. The zero-order valence-corrected chi connectivity index (χ0v) is 12.4. The SMILES string of the molecule is Nc1cccc2nc(C3CCCCC3)c(NCC(=O)NO)n12. The van der Waals surface area contributed by atoms with Crippen molar-refractivity contribution >= 4 is 23.2 Å². The molecule has 118 valence electrons. The fourth-order valence-electron chi connectivity index (χ4n) is 3.17. The van der Waals surface area contributed by atoms with E-state index in [1.807, 2.05) is 16.5 Å². The number of anilines is 2. The van der Waals surface area contributed by atoms with E-state index in [1.54, 1.807) is 11.5 Å². The van der Waals surface area contributed by atoms with E-state index in [9.17, 15) is 4.79 Å². The Morgan fingerprint density at radius 3 is 2.86 bits per heavy atom. The van der Waals surface area contributed by atoms with Crippen LogP contribution in [-0.4, -0.2) is 27.0 Å². The average molecular weight is 303 g/mol. The minimum absolute atomic E-state index is 0.0294. The molecule has 3 rings (SSSR count). The predicted octanol–water partition coefficient (Wildman–Crippen LogP) is 1.88. The van der Waals surface area contributed by atoms with Crippen molar-refractivity contribution in [2.24, 2.45) is 0 Å². The lowest BCUT2D eigenvalue weighted by molar-refractivity contribution is -0.127. The number of nitrogens with zero attached hydrogens (tertiary/aromatic N) is 2. The lowest BCUT2D eigenvalue weighted by Crippen LogP contribution is -2.27. The van der Waals surface area contributed by atoms with Crippen LogP contribution in [-0.2, 0) is 4.79 Å². The number of amides is 1. The quantitative estimate of drug-likeness (QED) is 0.510. The molecule has 0 bridgehead atoms. The molecule has 1 aliphatic rings.